The van der Waals surface area contributed by atoms with Crippen molar-refractivity contribution in [1.29, 1.82) is 0 Å². The van der Waals surface area contributed by atoms with Crippen LogP contribution in [0.25, 0.3) is 0 Å². The second-order valence-corrected chi connectivity index (χ2v) is 4.30. The number of rotatable bonds is 0. The number of ether oxygens (including phenoxy) is 1. The molecule has 0 spiro atoms. The molecule has 2 saturated carbocycles. The van der Waals surface area contributed by atoms with E-state index < -0.39 is 6.29 Å². The van der Waals surface area contributed by atoms with E-state index >= 15 is 0 Å². The van der Waals surface area contributed by atoms with Crippen molar-refractivity contribution in [2.45, 2.75) is 25.6 Å². The SMILES string of the molecule is OC1OC[C@@H]2[C@H]3CC[C@H](C3)[C@H]12. The molecule has 3 fully saturated rings. The maximum Gasteiger partial charge on any atom is 0.157 e. The Kier molecular flexibility index (Phi) is 1.16. The molecule has 0 radical (unpaired) electrons. The summed E-state index contributed by atoms with van der Waals surface area (Å²) in [6.45, 7) is 0.826. The fourth-order valence-electron chi connectivity index (χ4n) is 3.47. The molecule has 2 heteroatoms. The van der Waals surface area contributed by atoms with Gasteiger partial charge in [0.2, 0.25) is 0 Å². The van der Waals surface area contributed by atoms with E-state index in [0.717, 1.165) is 18.4 Å². The third kappa shape index (κ3) is 0.695. The summed E-state index contributed by atoms with van der Waals surface area (Å²) in [6.07, 6.45) is 3.68. The summed E-state index contributed by atoms with van der Waals surface area (Å²) in [4.78, 5) is 0. The number of aliphatic hydroxyl groups excluding tert-OH is 1. The van der Waals surface area contributed by atoms with Gasteiger partial charge in [-0.3, -0.25) is 0 Å². The second kappa shape index (κ2) is 1.99. The lowest BCUT2D eigenvalue weighted by atomic mass is 9.81. The number of hydrogen-bond acceptors (Lipinski definition) is 2. The van der Waals surface area contributed by atoms with Gasteiger partial charge in [0.1, 0.15) is 0 Å². The van der Waals surface area contributed by atoms with E-state index in [1.54, 1.807) is 0 Å². The summed E-state index contributed by atoms with van der Waals surface area (Å²) in [7, 11) is 0. The average Bonchev–Trinajstić information content (AvgIpc) is 2.60. The minimum Gasteiger partial charge on any atom is -0.368 e. The maximum atomic E-state index is 9.50. The lowest BCUT2D eigenvalue weighted by molar-refractivity contribution is -0.0918. The van der Waals surface area contributed by atoms with E-state index in [-0.39, 0.29) is 0 Å². The van der Waals surface area contributed by atoms with Gasteiger partial charge in [0, 0.05) is 5.92 Å². The van der Waals surface area contributed by atoms with Gasteiger partial charge in [-0.25, -0.2) is 0 Å². The number of fused-ring (bicyclic) bond motifs is 5. The van der Waals surface area contributed by atoms with Gasteiger partial charge in [-0.15, -0.1) is 0 Å². The molecular weight excluding hydrogens is 140 g/mol. The van der Waals surface area contributed by atoms with E-state index in [0.29, 0.717) is 11.8 Å². The molecule has 1 N–H and O–H groups in total. The summed E-state index contributed by atoms with van der Waals surface area (Å²) >= 11 is 0. The van der Waals surface area contributed by atoms with Crippen LogP contribution in [-0.2, 0) is 4.74 Å². The van der Waals surface area contributed by atoms with Crippen molar-refractivity contribution in [2.75, 3.05) is 6.61 Å². The van der Waals surface area contributed by atoms with Crippen molar-refractivity contribution in [3.05, 3.63) is 0 Å². The molecule has 1 unspecified atom stereocenters. The van der Waals surface area contributed by atoms with Crippen LogP contribution in [-0.4, -0.2) is 18.0 Å². The Morgan fingerprint density at radius 2 is 2.00 bits per heavy atom. The zero-order chi connectivity index (χ0) is 7.42. The fraction of sp³-hybridized carbons (Fsp3) is 1.00. The normalized spacial score (nSPS) is 60.3. The quantitative estimate of drug-likeness (QED) is 0.564. The second-order valence-electron chi connectivity index (χ2n) is 4.30. The van der Waals surface area contributed by atoms with Gasteiger partial charge in [-0.1, -0.05) is 0 Å². The monoisotopic (exact) mass is 154 g/mol. The van der Waals surface area contributed by atoms with Crippen molar-refractivity contribution in [1.82, 2.24) is 0 Å². The van der Waals surface area contributed by atoms with Crippen molar-refractivity contribution >= 4 is 0 Å². The van der Waals surface area contributed by atoms with E-state index in [1.165, 1.54) is 19.3 Å². The van der Waals surface area contributed by atoms with Gasteiger partial charge in [0.25, 0.3) is 0 Å². The molecule has 0 amide bonds. The first-order chi connectivity index (χ1) is 5.36. The lowest BCUT2D eigenvalue weighted by Gasteiger charge is -2.23. The smallest absolute Gasteiger partial charge is 0.157 e. The van der Waals surface area contributed by atoms with Gasteiger partial charge in [0.05, 0.1) is 6.61 Å². The molecule has 62 valence electrons. The third-order valence-corrected chi connectivity index (χ3v) is 3.95. The Balaban J connectivity index is 1.91. The predicted octanol–water partition coefficient (Wildman–Crippen LogP) is 0.997. The first kappa shape index (κ1) is 6.44. The summed E-state index contributed by atoms with van der Waals surface area (Å²) in [5.74, 6) is 2.90. The fourth-order valence-corrected chi connectivity index (χ4v) is 3.47. The molecule has 2 bridgehead atoms. The Morgan fingerprint density at radius 1 is 1.18 bits per heavy atom. The molecular formula is C9H14O2. The largest absolute Gasteiger partial charge is 0.368 e. The van der Waals surface area contributed by atoms with Gasteiger partial charge in [-0.05, 0) is 37.0 Å². The van der Waals surface area contributed by atoms with Crippen LogP contribution in [0.3, 0.4) is 0 Å². The highest BCUT2D eigenvalue weighted by atomic mass is 16.6. The molecule has 3 rings (SSSR count). The van der Waals surface area contributed by atoms with Crippen molar-refractivity contribution in [3.8, 4) is 0 Å². The highest BCUT2D eigenvalue weighted by Gasteiger charge is 2.53. The van der Waals surface area contributed by atoms with E-state index in [1.807, 2.05) is 0 Å². The summed E-state index contributed by atoms with van der Waals surface area (Å²) in [5.41, 5.74) is 0. The van der Waals surface area contributed by atoms with Crippen LogP contribution in [0, 0.1) is 23.7 Å². The molecule has 11 heavy (non-hydrogen) atoms. The highest BCUT2D eigenvalue weighted by molar-refractivity contribution is 4.99. The van der Waals surface area contributed by atoms with Gasteiger partial charge < -0.3 is 9.84 Å². The molecule has 3 aliphatic rings. The molecule has 0 aromatic heterocycles. The molecule has 1 saturated heterocycles. The van der Waals surface area contributed by atoms with Crippen LogP contribution in [0.15, 0.2) is 0 Å². The summed E-state index contributed by atoms with van der Waals surface area (Å²) < 4.78 is 5.26. The van der Waals surface area contributed by atoms with Crippen LogP contribution in [0.2, 0.25) is 0 Å². The number of hydrogen-bond donors (Lipinski definition) is 1. The van der Waals surface area contributed by atoms with Gasteiger partial charge in [-0.2, -0.15) is 0 Å². The van der Waals surface area contributed by atoms with E-state index in [2.05, 4.69) is 0 Å². The van der Waals surface area contributed by atoms with Crippen LogP contribution in [0.5, 0.6) is 0 Å². The van der Waals surface area contributed by atoms with Crippen LogP contribution >= 0.6 is 0 Å². The molecule has 0 aromatic rings. The summed E-state index contributed by atoms with van der Waals surface area (Å²) in [6, 6.07) is 0. The zero-order valence-electron chi connectivity index (χ0n) is 6.57. The average molecular weight is 154 g/mol. The van der Waals surface area contributed by atoms with Crippen LogP contribution in [0.1, 0.15) is 19.3 Å². The predicted molar refractivity (Wildman–Crippen MR) is 39.8 cm³/mol. The van der Waals surface area contributed by atoms with Crippen LogP contribution < -0.4 is 0 Å². The number of aliphatic hydroxyl groups is 1. The van der Waals surface area contributed by atoms with Crippen molar-refractivity contribution in [2.24, 2.45) is 23.7 Å². The highest BCUT2D eigenvalue weighted by Crippen LogP contribution is 2.56. The minimum atomic E-state index is -0.421. The first-order valence-corrected chi connectivity index (χ1v) is 4.66. The Morgan fingerprint density at radius 3 is 2.82 bits per heavy atom. The van der Waals surface area contributed by atoms with Crippen LogP contribution in [0.4, 0.5) is 0 Å². The Labute approximate surface area is 66.5 Å². The van der Waals surface area contributed by atoms with E-state index in [9.17, 15) is 5.11 Å². The lowest BCUT2D eigenvalue weighted by Crippen LogP contribution is -2.25. The molecule has 5 atom stereocenters. The minimum absolute atomic E-state index is 0.421. The Hall–Kier alpha value is -0.0800. The standard InChI is InChI=1S/C9H14O2/c10-9-8-6-2-1-5(3-6)7(8)4-11-9/h5-10H,1-4H2/t5-,6+,7+,8-,9?/m0/s1. The maximum absolute atomic E-state index is 9.50. The molecule has 0 aromatic carbocycles. The molecule has 1 aliphatic heterocycles. The molecule has 2 nitrogen and oxygen atoms in total. The topological polar surface area (TPSA) is 29.5 Å². The van der Waals surface area contributed by atoms with E-state index in [4.69, 9.17) is 4.74 Å². The zero-order valence-corrected chi connectivity index (χ0v) is 6.57. The van der Waals surface area contributed by atoms with Gasteiger partial charge >= 0.3 is 0 Å². The van der Waals surface area contributed by atoms with Gasteiger partial charge in [0.15, 0.2) is 6.29 Å². The third-order valence-electron chi connectivity index (χ3n) is 3.95. The molecule has 2 aliphatic carbocycles. The van der Waals surface area contributed by atoms with Crippen molar-refractivity contribution in [3.63, 3.8) is 0 Å². The first-order valence-electron chi connectivity index (χ1n) is 4.66. The van der Waals surface area contributed by atoms with Crippen molar-refractivity contribution < 1.29 is 9.84 Å². The Bertz CT molecular complexity index is 180. The molecule has 1 heterocycles. The summed E-state index contributed by atoms with van der Waals surface area (Å²) in [5, 5.41) is 9.50.